The van der Waals surface area contributed by atoms with E-state index in [2.05, 4.69) is 9.97 Å². The Labute approximate surface area is 257 Å². The molecule has 0 fully saturated rings. The molecule has 4 aromatic carbocycles. The van der Waals surface area contributed by atoms with E-state index in [0.29, 0.717) is 54.1 Å². The van der Waals surface area contributed by atoms with Crippen LogP contribution in [0.15, 0.2) is 60.7 Å². The summed E-state index contributed by atoms with van der Waals surface area (Å²) in [5.74, 6) is -3.85. The first-order valence-electron chi connectivity index (χ1n) is 12.9. The van der Waals surface area contributed by atoms with Gasteiger partial charge in [0.2, 0.25) is 0 Å². The Morgan fingerprint density at radius 1 is 0.614 bits per heavy atom. The molecule has 0 radical (unpaired) electrons. The second-order valence-corrected chi connectivity index (χ2v) is 10.8. The Morgan fingerprint density at radius 3 is 1.55 bits per heavy atom. The molecule has 0 unspecified atom stereocenters. The maximum absolute atomic E-state index is 14.0. The molecule has 0 bridgehead atoms. The van der Waals surface area contributed by atoms with Gasteiger partial charge < -0.3 is 21.4 Å². The van der Waals surface area contributed by atoms with Crippen molar-refractivity contribution in [3.05, 3.63) is 116 Å². The number of aryl methyl sites for hydroxylation is 2. The number of amides is 2. The maximum Gasteiger partial charge on any atom is 0.265 e. The van der Waals surface area contributed by atoms with E-state index in [-0.39, 0.29) is 22.5 Å². The van der Waals surface area contributed by atoms with Crippen LogP contribution < -0.4 is 11.5 Å². The first kappa shape index (κ1) is 30.7. The normalized spacial score (nSPS) is 11.1. The van der Waals surface area contributed by atoms with Crippen molar-refractivity contribution < 1.29 is 27.2 Å². The second kappa shape index (κ2) is 11.7. The Kier molecular flexibility index (Phi) is 8.15. The molecular weight excluding hydrogens is 619 g/mol. The minimum atomic E-state index is -0.820. The van der Waals surface area contributed by atoms with Gasteiger partial charge in [0.05, 0.1) is 11.0 Å². The van der Waals surface area contributed by atoms with Crippen LogP contribution in [0.5, 0.6) is 0 Å². The lowest BCUT2D eigenvalue weighted by molar-refractivity contribution is 0.0987. The average molecular weight is 641 g/mol. The van der Waals surface area contributed by atoms with Crippen LogP contribution in [0.1, 0.15) is 32.1 Å². The fourth-order valence-electron chi connectivity index (χ4n) is 5.11. The Hall–Kier alpha value is -4.80. The number of carbonyl (C=O) groups is 2. The number of benzene rings is 4. The van der Waals surface area contributed by atoms with E-state index in [9.17, 15) is 27.2 Å². The topological polar surface area (TPSA) is 118 Å². The molecule has 6 rings (SSSR count). The lowest BCUT2D eigenvalue weighted by Gasteiger charge is -2.07. The summed E-state index contributed by atoms with van der Waals surface area (Å²) in [4.78, 5) is 28.7. The highest BCUT2D eigenvalue weighted by Gasteiger charge is 2.20. The summed E-state index contributed by atoms with van der Waals surface area (Å²) < 4.78 is 54.9. The van der Waals surface area contributed by atoms with Crippen molar-refractivity contribution in [1.29, 1.82) is 0 Å². The lowest BCUT2D eigenvalue weighted by atomic mass is 10.0. The van der Waals surface area contributed by atoms with Crippen LogP contribution in [-0.2, 0) is 0 Å². The van der Waals surface area contributed by atoms with Gasteiger partial charge in [-0.15, -0.1) is 0 Å². The molecule has 0 spiro atoms. The number of fused-ring (bicyclic) bond motifs is 2. The number of carbonyl (C=O) groups excluding carboxylic acids is 2. The third kappa shape index (κ3) is 5.61. The molecule has 0 aliphatic carbocycles. The average Bonchev–Trinajstić information content (AvgIpc) is 3.45. The van der Waals surface area contributed by atoms with E-state index >= 15 is 0 Å². The molecule has 0 aliphatic heterocycles. The number of nitrogens with two attached hydrogens (primary N) is 2. The van der Waals surface area contributed by atoms with Crippen LogP contribution in [0.25, 0.3) is 44.1 Å². The van der Waals surface area contributed by atoms with Gasteiger partial charge in [-0.3, -0.25) is 9.59 Å². The predicted octanol–water partition coefficient (Wildman–Crippen LogP) is 8.35. The van der Waals surface area contributed by atoms with Gasteiger partial charge in [0.15, 0.2) is 0 Å². The standard InChI is InChI=1S/C16H11Cl2FN2O.C16H11F3N2O/c1-7-11-5-9(19)6-12(15(11)21-14(7)16(20)22)10-3-2-8(17)4-13(10)18;1-7-11-4-9(18)5-12(15(11)21-14(7)16(20)22)10-3-2-8(17)6-13(10)19/h2*2-6,21H,1H3,(H2,20,22). The van der Waals surface area contributed by atoms with Crippen molar-refractivity contribution in [2.75, 3.05) is 0 Å². The Balaban J connectivity index is 0.000000175. The molecule has 2 heterocycles. The second-order valence-electron chi connectivity index (χ2n) is 9.98. The molecule has 0 atom stereocenters. The molecule has 6 aromatic rings. The monoisotopic (exact) mass is 640 g/mol. The van der Waals surface area contributed by atoms with Crippen molar-refractivity contribution >= 4 is 56.8 Å². The number of nitrogens with one attached hydrogen (secondary N) is 2. The maximum atomic E-state index is 14.0. The summed E-state index contributed by atoms with van der Waals surface area (Å²) in [6.07, 6.45) is 0. The summed E-state index contributed by atoms with van der Waals surface area (Å²) >= 11 is 12.1. The number of aromatic nitrogens is 2. The number of H-pyrrole nitrogens is 2. The fourth-order valence-corrected chi connectivity index (χ4v) is 5.63. The zero-order chi connectivity index (χ0) is 32.0. The van der Waals surface area contributed by atoms with E-state index in [1.54, 1.807) is 32.0 Å². The molecule has 2 amide bonds. The van der Waals surface area contributed by atoms with Gasteiger partial charge in [-0.1, -0.05) is 29.3 Å². The number of primary amides is 2. The van der Waals surface area contributed by atoms with Crippen molar-refractivity contribution in [1.82, 2.24) is 9.97 Å². The van der Waals surface area contributed by atoms with Crippen molar-refractivity contribution in [2.24, 2.45) is 11.5 Å². The molecular formula is C32H22Cl2F4N4O2. The third-order valence-corrected chi connectivity index (χ3v) is 7.75. The number of hydrogen-bond acceptors (Lipinski definition) is 2. The summed E-state index contributed by atoms with van der Waals surface area (Å²) in [7, 11) is 0. The summed E-state index contributed by atoms with van der Waals surface area (Å²) in [6.45, 7) is 3.33. The van der Waals surface area contributed by atoms with Gasteiger partial charge in [-0.25, -0.2) is 17.6 Å². The van der Waals surface area contributed by atoms with Crippen LogP contribution >= 0.6 is 23.2 Å². The summed E-state index contributed by atoms with van der Waals surface area (Å²) in [5, 5.41) is 1.90. The zero-order valence-electron chi connectivity index (χ0n) is 23.0. The Morgan fingerprint density at radius 2 is 1.09 bits per heavy atom. The summed E-state index contributed by atoms with van der Waals surface area (Å²) in [6, 6.07) is 13.1. The highest BCUT2D eigenvalue weighted by atomic mass is 35.5. The van der Waals surface area contributed by atoms with Crippen LogP contribution in [0.4, 0.5) is 17.6 Å². The number of aromatic amines is 2. The molecule has 0 saturated heterocycles. The lowest BCUT2D eigenvalue weighted by Crippen LogP contribution is -2.12. The van der Waals surface area contributed by atoms with Gasteiger partial charge >= 0.3 is 0 Å². The summed E-state index contributed by atoms with van der Waals surface area (Å²) in [5.41, 5.74) is 14.5. The van der Waals surface area contributed by atoms with E-state index in [0.717, 1.165) is 18.2 Å². The van der Waals surface area contributed by atoms with Gasteiger partial charge in [0.25, 0.3) is 11.8 Å². The number of hydrogen-bond donors (Lipinski definition) is 4. The minimum Gasteiger partial charge on any atom is -0.364 e. The first-order chi connectivity index (χ1) is 20.8. The molecule has 6 N–H and O–H groups in total. The van der Waals surface area contributed by atoms with Crippen LogP contribution in [0.3, 0.4) is 0 Å². The van der Waals surface area contributed by atoms with Crippen molar-refractivity contribution in [2.45, 2.75) is 13.8 Å². The van der Waals surface area contributed by atoms with Gasteiger partial charge in [0.1, 0.15) is 34.7 Å². The fraction of sp³-hybridized carbons (Fsp3) is 0.0625. The van der Waals surface area contributed by atoms with Crippen LogP contribution in [0.2, 0.25) is 10.0 Å². The van der Waals surface area contributed by atoms with E-state index in [4.69, 9.17) is 34.7 Å². The quantitative estimate of drug-likeness (QED) is 0.145. The van der Waals surface area contributed by atoms with Crippen LogP contribution in [0, 0.1) is 37.1 Å². The molecule has 224 valence electrons. The SMILES string of the molecule is Cc1c(C(N)=O)[nH]c2c(-c3ccc(Cl)cc3Cl)cc(F)cc12.Cc1c(C(N)=O)[nH]c2c(-c3ccc(F)cc3F)cc(F)cc12. The molecule has 6 nitrogen and oxygen atoms in total. The predicted molar refractivity (Wildman–Crippen MR) is 164 cm³/mol. The molecule has 2 aromatic heterocycles. The van der Waals surface area contributed by atoms with Crippen molar-refractivity contribution in [3.63, 3.8) is 0 Å². The number of rotatable bonds is 4. The van der Waals surface area contributed by atoms with Gasteiger partial charge in [0, 0.05) is 49.1 Å². The van der Waals surface area contributed by atoms with Crippen molar-refractivity contribution in [3.8, 4) is 22.3 Å². The highest BCUT2D eigenvalue weighted by Crippen LogP contribution is 2.37. The van der Waals surface area contributed by atoms with Gasteiger partial charge in [-0.2, -0.15) is 0 Å². The largest absolute Gasteiger partial charge is 0.364 e. The highest BCUT2D eigenvalue weighted by molar-refractivity contribution is 6.36. The molecule has 12 heteroatoms. The molecule has 0 saturated carbocycles. The molecule has 44 heavy (non-hydrogen) atoms. The van der Waals surface area contributed by atoms with Gasteiger partial charge in [-0.05, 0) is 73.5 Å². The smallest absolute Gasteiger partial charge is 0.265 e. The number of halogens is 6. The zero-order valence-corrected chi connectivity index (χ0v) is 24.5. The van der Waals surface area contributed by atoms with E-state index in [1.165, 1.54) is 24.3 Å². The third-order valence-electron chi connectivity index (χ3n) is 7.20. The van der Waals surface area contributed by atoms with E-state index < -0.39 is 35.1 Å². The Bertz CT molecular complexity index is 1990. The van der Waals surface area contributed by atoms with Crippen LogP contribution in [-0.4, -0.2) is 21.8 Å². The van der Waals surface area contributed by atoms with E-state index in [1.807, 2.05) is 0 Å². The molecule has 0 aliphatic rings. The first-order valence-corrected chi connectivity index (χ1v) is 13.7. The minimum absolute atomic E-state index is 0.0307.